The largest absolute Gasteiger partial charge is 0.462 e. The molecule has 0 bridgehead atoms. The number of esters is 1. The fraction of sp³-hybridized carbons (Fsp3) is 0.357. The van der Waals surface area contributed by atoms with Crippen molar-refractivity contribution in [2.75, 3.05) is 6.61 Å². The van der Waals surface area contributed by atoms with Gasteiger partial charge < -0.3 is 4.74 Å². The van der Waals surface area contributed by atoms with Crippen LogP contribution in [0.3, 0.4) is 0 Å². The molecule has 0 saturated carbocycles. The molecule has 0 aliphatic rings. The lowest BCUT2D eigenvalue weighted by atomic mass is 10.1. The maximum atomic E-state index is 11.3. The summed E-state index contributed by atoms with van der Waals surface area (Å²) in [4.78, 5) is 11.3. The standard InChI is InChI=1S/C14H18O2/c1-3-12(2)14(15)16-11-7-10-13-8-5-4-6-9-13/h3-6,8-9H,7,10-11H2,1-2H3. The molecule has 1 aromatic rings. The van der Waals surface area contributed by atoms with Gasteiger partial charge in [-0.1, -0.05) is 36.4 Å². The highest BCUT2D eigenvalue weighted by atomic mass is 16.5. The van der Waals surface area contributed by atoms with Crippen LogP contribution in [0.25, 0.3) is 0 Å². The zero-order valence-corrected chi connectivity index (χ0v) is 9.90. The van der Waals surface area contributed by atoms with E-state index in [0.29, 0.717) is 12.2 Å². The zero-order chi connectivity index (χ0) is 11.8. The summed E-state index contributed by atoms with van der Waals surface area (Å²) in [5.41, 5.74) is 1.95. The van der Waals surface area contributed by atoms with Crippen molar-refractivity contribution in [3.05, 3.63) is 47.5 Å². The third kappa shape index (κ3) is 4.30. The van der Waals surface area contributed by atoms with Gasteiger partial charge in [0.05, 0.1) is 6.61 Å². The molecular weight excluding hydrogens is 200 g/mol. The Morgan fingerprint density at radius 1 is 1.31 bits per heavy atom. The molecule has 1 rings (SSSR count). The minimum Gasteiger partial charge on any atom is -0.462 e. The Labute approximate surface area is 96.9 Å². The van der Waals surface area contributed by atoms with Crippen molar-refractivity contribution < 1.29 is 9.53 Å². The van der Waals surface area contributed by atoms with E-state index in [1.807, 2.05) is 25.1 Å². The van der Waals surface area contributed by atoms with Crippen molar-refractivity contribution >= 4 is 5.97 Å². The van der Waals surface area contributed by atoms with Crippen LogP contribution < -0.4 is 0 Å². The Kier molecular flexibility index (Phi) is 5.34. The monoisotopic (exact) mass is 218 g/mol. The molecule has 0 radical (unpaired) electrons. The Hall–Kier alpha value is -1.57. The van der Waals surface area contributed by atoms with Gasteiger partial charge in [0, 0.05) is 5.57 Å². The molecule has 2 nitrogen and oxygen atoms in total. The third-order valence-electron chi connectivity index (χ3n) is 2.44. The molecule has 1 aromatic carbocycles. The van der Waals surface area contributed by atoms with E-state index in [1.54, 1.807) is 13.0 Å². The molecule has 16 heavy (non-hydrogen) atoms. The second kappa shape index (κ2) is 6.83. The van der Waals surface area contributed by atoms with Crippen LogP contribution in [-0.2, 0) is 16.0 Å². The van der Waals surface area contributed by atoms with Crippen LogP contribution in [0.2, 0.25) is 0 Å². The van der Waals surface area contributed by atoms with Crippen LogP contribution in [0.4, 0.5) is 0 Å². The molecule has 0 unspecified atom stereocenters. The van der Waals surface area contributed by atoms with Gasteiger partial charge in [-0.15, -0.1) is 0 Å². The van der Waals surface area contributed by atoms with Gasteiger partial charge in [0.25, 0.3) is 0 Å². The van der Waals surface area contributed by atoms with E-state index in [0.717, 1.165) is 12.8 Å². The van der Waals surface area contributed by atoms with Gasteiger partial charge in [-0.3, -0.25) is 0 Å². The SMILES string of the molecule is CC=C(C)C(=O)OCCCc1ccccc1. The van der Waals surface area contributed by atoms with Crippen LogP contribution in [0.5, 0.6) is 0 Å². The van der Waals surface area contributed by atoms with E-state index in [1.165, 1.54) is 5.56 Å². The number of allylic oxidation sites excluding steroid dienone is 1. The van der Waals surface area contributed by atoms with Gasteiger partial charge in [0.15, 0.2) is 0 Å². The van der Waals surface area contributed by atoms with Crippen LogP contribution in [-0.4, -0.2) is 12.6 Å². The normalized spacial score (nSPS) is 11.2. The van der Waals surface area contributed by atoms with E-state index >= 15 is 0 Å². The highest BCUT2D eigenvalue weighted by Crippen LogP contribution is 2.03. The number of benzene rings is 1. The number of carbonyl (C=O) groups excluding carboxylic acids is 1. The Morgan fingerprint density at radius 2 is 2.00 bits per heavy atom. The number of ether oxygens (including phenoxy) is 1. The summed E-state index contributed by atoms with van der Waals surface area (Å²) in [6.07, 6.45) is 3.58. The number of aryl methyl sites for hydroxylation is 1. The summed E-state index contributed by atoms with van der Waals surface area (Å²) in [7, 11) is 0. The fourth-order valence-corrected chi connectivity index (χ4v) is 1.32. The van der Waals surface area contributed by atoms with E-state index < -0.39 is 0 Å². The van der Waals surface area contributed by atoms with Crippen LogP contribution in [0.15, 0.2) is 42.0 Å². The Bertz CT molecular complexity index is 352. The highest BCUT2D eigenvalue weighted by molar-refractivity contribution is 5.87. The molecule has 0 aliphatic heterocycles. The smallest absolute Gasteiger partial charge is 0.333 e. The number of rotatable bonds is 5. The molecule has 86 valence electrons. The average Bonchev–Trinajstić information content (AvgIpc) is 2.34. The molecule has 0 fully saturated rings. The highest BCUT2D eigenvalue weighted by Gasteiger charge is 2.03. The lowest BCUT2D eigenvalue weighted by Crippen LogP contribution is -2.07. The molecule has 0 atom stereocenters. The minimum absolute atomic E-state index is 0.212. The molecule has 0 heterocycles. The summed E-state index contributed by atoms with van der Waals surface area (Å²) < 4.78 is 5.11. The van der Waals surface area contributed by atoms with Crippen LogP contribution >= 0.6 is 0 Å². The second-order valence-electron chi connectivity index (χ2n) is 3.70. The first-order chi connectivity index (χ1) is 7.74. The molecule has 0 spiro atoms. The van der Waals surface area contributed by atoms with E-state index in [9.17, 15) is 4.79 Å². The van der Waals surface area contributed by atoms with Gasteiger partial charge in [0.2, 0.25) is 0 Å². The van der Waals surface area contributed by atoms with Gasteiger partial charge in [-0.2, -0.15) is 0 Å². The summed E-state index contributed by atoms with van der Waals surface area (Å²) >= 11 is 0. The summed E-state index contributed by atoms with van der Waals surface area (Å²) in [6.45, 7) is 4.08. The lowest BCUT2D eigenvalue weighted by molar-refractivity contribution is -0.139. The molecular formula is C14H18O2. The Morgan fingerprint density at radius 3 is 2.62 bits per heavy atom. The molecule has 0 saturated heterocycles. The topological polar surface area (TPSA) is 26.3 Å². The van der Waals surface area contributed by atoms with Crippen molar-refractivity contribution in [2.45, 2.75) is 26.7 Å². The van der Waals surface area contributed by atoms with E-state index in [4.69, 9.17) is 4.74 Å². The predicted molar refractivity (Wildman–Crippen MR) is 65.2 cm³/mol. The summed E-state index contributed by atoms with van der Waals surface area (Å²) in [6, 6.07) is 10.2. The fourth-order valence-electron chi connectivity index (χ4n) is 1.32. The molecule has 0 aliphatic carbocycles. The van der Waals surface area contributed by atoms with E-state index in [2.05, 4.69) is 12.1 Å². The van der Waals surface area contributed by atoms with Crippen molar-refractivity contribution in [1.29, 1.82) is 0 Å². The molecule has 0 N–H and O–H groups in total. The van der Waals surface area contributed by atoms with Crippen molar-refractivity contribution in [2.24, 2.45) is 0 Å². The second-order valence-corrected chi connectivity index (χ2v) is 3.70. The molecule has 0 aromatic heterocycles. The van der Waals surface area contributed by atoms with Gasteiger partial charge >= 0.3 is 5.97 Å². The van der Waals surface area contributed by atoms with Crippen molar-refractivity contribution in [3.63, 3.8) is 0 Å². The quantitative estimate of drug-likeness (QED) is 0.431. The maximum Gasteiger partial charge on any atom is 0.333 e. The minimum atomic E-state index is -0.212. The maximum absolute atomic E-state index is 11.3. The number of hydrogen-bond acceptors (Lipinski definition) is 2. The first kappa shape index (κ1) is 12.5. The summed E-state index contributed by atoms with van der Waals surface area (Å²) in [5.74, 6) is -0.212. The van der Waals surface area contributed by atoms with Crippen molar-refractivity contribution in [3.8, 4) is 0 Å². The lowest BCUT2D eigenvalue weighted by Gasteiger charge is -2.04. The predicted octanol–water partition coefficient (Wildman–Crippen LogP) is 3.13. The van der Waals surface area contributed by atoms with Gasteiger partial charge in [0.1, 0.15) is 0 Å². The van der Waals surface area contributed by atoms with Gasteiger partial charge in [-0.05, 0) is 32.3 Å². The zero-order valence-electron chi connectivity index (χ0n) is 9.90. The summed E-state index contributed by atoms with van der Waals surface area (Å²) in [5, 5.41) is 0. The van der Waals surface area contributed by atoms with E-state index in [-0.39, 0.29) is 5.97 Å². The molecule has 0 amide bonds. The van der Waals surface area contributed by atoms with Crippen LogP contribution in [0, 0.1) is 0 Å². The third-order valence-corrected chi connectivity index (χ3v) is 2.44. The average molecular weight is 218 g/mol. The van der Waals surface area contributed by atoms with Crippen LogP contribution in [0.1, 0.15) is 25.8 Å². The Balaban J connectivity index is 2.20. The number of hydrogen-bond donors (Lipinski definition) is 0. The van der Waals surface area contributed by atoms with Crippen molar-refractivity contribution in [1.82, 2.24) is 0 Å². The number of carbonyl (C=O) groups is 1. The first-order valence-corrected chi connectivity index (χ1v) is 5.58. The van der Waals surface area contributed by atoms with Gasteiger partial charge in [-0.25, -0.2) is 4.79 Å². The first-order valence-electron chi connectivity index (χ1n) is 5.58. The molecule has 2 heteroatoms.